The van der Waals surface area contributed by atoms with Gasteiger partial charge in [-0.05, 0) is 6.92 Å². The van der Waals surface area contributed by atoms with Crippen LogP contribution in [0.15, 0.2) is 30.5 Å². The highest BCUT2D eigenvalue weighted by atomic mass is 32.2. The van der Waals surface area contributed by atoms with E-state index in [1.165, 1.54) is 20.3 Å². The van der Waals surface area contributed by atoms with E-state index in [0.29, 0.717) is 5.69 Å². The third-order valence-corrected chi connectivity index (χ3v) is 4.53. The molecular weight excluding hydrogens is 276 g/mol. The molecule has 20 heavy (non-hydrogen) atoms. The molecule has 2 aromatic rings. The maximum absolute atomic E-state index is 12.1. The highest BCUT2D eigenvalue weighted by molar-refractivity contribution is 7.87. The summed E-state index contributed by atoms with van der Waals surface area (Å²) >= 11 is 0. The Hall–Kier alpha value is -2.17. The minimum atomic E-state index is -3.75. The van der Waals surface area contributed by atoms with Crippen molar-refractivity contribution in [3.05, 3.63) is 41.9 Å². The zero-order valence-corrected chi connectivity index (χ0v) is 12.2. The summed E-state index contributed by atoms with van der Waals surface area (Å²) in [5.41, 5.74) is 2.31. The topological polar surface area (TPSA) is 79.0 Å². The van der Waals surface area contributed by atoms with Gasteiger partial charge >= 0.3 is 10.2 Å². The molecule has 0 saturated heterocycles. The van der Waals surface area contributed by atoms with Crippen molar-refractivity contribution in [3.63, 3.8) is 0 Å². The van der Waals surface area contributed by atoms with Gasteiger partial charge in [0.1, 0.15) is 6.07 Å². The average Bonchev–Trinajstić information content (AvgIpc) is 2.84. The molecule has 0 spiro atoms. The quantitative estimate of drug-likeness (QED) is 0.855. The molecule has 0 aliphatic rings. The van der Waals surface area contributed by atoms with Gasteiger partial charge in [-0.2, -0.15) is 18.0 Å². The SMILES string of the molecule is Cc1ccc(-c2cn(S(=O)(=O)N(C)C)c(C#N)n2)cc1. The van der Waals surface area contributed by atoms with Crippen molar-refractivity contribution in [1.82, 2.24) is 13.3 Å². The van der Waals surface area contributed by atoms with Gasteiger partial charge in [0.05, 0.1) is 11.9 Å². The van der Waals surface area contributed by atoms with Crippen molar-refractivity contribution in [2.45, 2.75) is 6.92 Å². The second kappa shape index (κ2) is 5.07. The molecule has 2 rings (SSSR count). The van der Waals surface area contributed by atoms with Crippen LogP contribution in [0.3, 0.4) is 0 Å². The summed E-state index contributed by atoms with van der Waals surface area (Å²) in [6.07, 6.45) is 1.36. The summed E-state index contributed by atoms with van der Waals surface area (Å²) in [4.78, 5) is 4.07. The van der Waals surface area contributed by atoms with Gasteiger partial charge in [-0.25, -0.2) is 8.96 Å². The van der Waals surface area contributed by atoms with Gasteiger partial charge in [-0.15, -0.1) is 0 Å². The van der Waals surface area contributed by atoms with Crippen molar-refractivity contribution in [1.29, 1.82) is 5.26 Å². The van der Waals surface area contributed by atoms with E-state index in [0.717, 1.165) is 19.4 Å². The van der Waals surface area contributed by atoms with E-state index in [1.54, 1.807) is 6.07 Å². The normalized spacial score (nSPS) is 11.6. The Kier molecular flexibility index (Phi) is 3.61. The molecule has 1 heterocycles. The molecular formula is C13H14N4O2S. The highest BCUT2D eigenvalue weighted by Gasteiger charge is 2.22. The minimum Gasteiger partial charge on any atom is -0.218 e. The summed E-state index contributed by atoms with van der Waals surface area (Å²) in [5, 5.41) is 9.05. The molecule has 1 aromatic carbocycles. The first kappa shape index (κ1) is 14.2. The summed E-state index contributed by atoms with van der Waals surface area (Å²) in [7, 11) is -0.940. The predicted molar refractivity (Wildman–Crippen MR) is 75.1 cm³/mol. The van der Waals surface area contributed by atoms with Gasteiger partial charge in [0.2, 0.25) is 5.82 Å². The van der Waals surface area contributed by atoms with Crippen LogP contribution in [0, 0.1) is 18.3 Å². The van der Waals surface area contributed by atoms with Crippen LogP contribution in [-0.2, 0) is 10.2 Å². The Morgan fingerprint density at radius 2 is 1.85 bits per heavy atom. The van der Waals surface area contributed by atoms with Gasteiger partial charge in [0.25, 0.3) is 0 Å². The number of aromatic nitrogens is 2. The first-order valence-corrected chi connectivity index (χ1v) is 7.25. The first-order valence-electron chi connectivity index (χ1n) is 5.86. The van der Waals surface area contributed by atoms with Crippen LogP contribution in [0.2, 0.25) is 0 Å². The van der Waals surface area contributed by atoms with Crippen molar-refractivity contribution in [2.24, 2.45) is 0 Å². The standard InChI is InChI=1S/C13H14N4O2S/c1-10-4-6-11(7-5-10)12-9-17(13(8-14)15-12)20(18,19)16(2)3/h4-7,9H,1-3H3. The number of nitriles is 1. The van der Waals surface area contributed by atoms with E-state index in [9.17, 15) is 8.42 Å². The molecule has 6 nitrogen and oxygen atoms in total. The lowest BCUT2D eigenvalue weighted by Crippen LogP contribution is -2.29. The monoisotopic (exact) mass is 290 g/mol. The molecule has 0 aliphatic heterocycles. The minimum absolute atomic E-state index is 0.158. The largest absolute Gasteiger partial charge is 0.309 e. The van der Waals surface area contributed by atoms with Crippen LogP contribution in [0.25, 0.3) is 11.3 Å². The molecule has 0 amide bonds. The van der Waals surface area contributed by atoms with Gasteiger partial charge < -0.3 is 0 Å². The fourth-order valence-corrected chi connectivity index (χ4v) is 2.54. The van der Waals surface area contributed by atoms with Crippen LogP contribution in [0.4, 0.5) is 0 Å². The van der Waals surface area contributed by atoms with Crippen LogP contribution >= 0.6 is 0 Å². The summed E-state index contributed by atoms with van der Waals surface area (Å²) in [6.45, 7) is 1.96. The molecule has 1 aromatic heterocycles. The number of imidazole rings is 1. The van der Waals surface area contributed by atoms with Crippen LogP contribution < -0.4 is 0 Å². The van der Waals surface area contributed by atoms with E-state index in [2.05, 4.69) is 4.98 Å². The Bertz CT molecular complexity index is 768. The Balaban J connectivity index is 2.58. The van der Waals surface area contributed by atoms with Crippen molar-refractivity contribution in [2.75, 3.05) is 14.1 Å². The van der Waals surface area contributed by atoms with E-state index < -0.39 is 10.2 Å². The number of aryl methyl sites for hydroxylation is 1. The lowest BCUT2D eigenvalue weighted by molar-refractivity contribution is 0.510. The lowest BCUT2D eigenvalue weighted by Gasteiger charge is -2.11. The van der Waals surface area contributed by atoms with Gasteiger partial charge in [-0.1, -0.05) is 29.8 Å². The molecule has 0 N–H and O–H groups in total. The van der Waals surface area contributed by atoms with Crippen molar-refractivity contribution in [3.8, 4) is 17.3 Å². The molecule has 104 valence electrons. The first-order chi connectivity index (χ1) is 9.36. The summed E-state index contributed by atoms with van der Waals surface area (Å²) in [5.74, 6) is -0.158. The number of nitrogens with zero attached hydrogens (tertiary/aromatic N) is 4. The molecule has 0 bridgehead atoms. The highest BCUT2D eigenvalue weighted by Crippen LogP contribution is 2.20. The summed E-state index contributed by atoms with van der Waals surface area (Å²) < 4.78 is 26.1. The van der Waals surface area contributed by atoms with E-state index in [4.69, 9.17) is 5.26 Å². The zero-order valence-electron chi connectivity index (χ0n) is 11.4. The Morgan fingerprint density at radius 1 is 1.25 bits per heavy atom. The third kappa shape index (κ3) is 2.43. The molecule has 7 heteroatoms. The second-order valence-corrected chi connectivity index (χ2v) is 6.53. The molecule has 0 aliphatic carbocycles. The molecule has 0 atom stereocenters. The number of hydrogen-bond donors (Lipinski definition) is 0. The van der Waals surface area contributed by atoms with Crippen molar-refractivity contribution >= 4 is 10.2 Å². The number of hydrogen-bond acceptors (Lipinski definition) is 4. The average molecular weight is 290 g/mol. The second-order valence-electron chi connectivity index (χ2n) is 4.51. The van der Waals surface area contributed by atoms with Gasteiger partial charge in [-0.3, -0.25) is 0 Å². The molecule has 0 saturated carbocycles. The smallest absolute Gasteiger partial charge is 0.218 e. The maximum Gasteiger partial charge on any atom is 0.309 e. The lowest BCUT2D eigenvalue weighted by atomic mass is 10.1. The van der Waals surface area contributed by atoms with Crippen LogP contribution in [-0.4, -0.2) is 35.8 Å². The number of rotatable bonds is 3. The predicted octanol–water partition coefficient (Wildman–Crippen LogP) is 1.38. The fraction of sp³-hybridized carbons (Fsp3) is 0.231. The maximum atomic E-state index is 12.1. The third-order valence-electron chi connectivity index (χ3n) is 2.83. The fourth-order valence-electron chi connectivity index (χ4n) is 1.65. The zero-order chi connectivity index (χ0) is 14.9. The molecule has 0 fully saturated rings. The number of benzene rings is 1. The van der Waals surface area contributed by atoms with Crippen LogP contribution in [0.5, 0.6) is 0 Å². The van der Waals surface area contributed by atoms with E-state index in [-0.39, 0.29) is 5.82 Å². The van der Waals surface area contributed by atoms with Crippen LogP contribution in [0.1, 0.15) is 11.4 Å². The van der Waals surface area contributed by atoms with Gasteiger partial charge in [0.15, 0.2) is 0 Å². The van der Waals surface area contributed by atoms with Gasteiger partial charge in [0, 0.05) is 19.7 Å². The van der Waals surface area contributed by atoms with E-state index in [1.807, 2.05) is 31.2 Å². The Morgan fingerprint density at radius 3 is 2.35 bits per heavy atom. The molecule has 0 unspecified atom stereocenters. The molecule has 0 radical (unpaired) electrons. The Labute approximate surface area is 118 Å². The van der Waals surface area contributed by atoms with Crippen molar-refractivity contribution < 1.29 is 8.42 Å². The summed E-state index contributed by atoms with van der Waals surface area (Å²) in [6, 6.07) is 9.29. The van der Waals surface area contributed by atoms with E-state index >= 15 is 0 Å².